The Hall–Kier alpha value is -3.37. The number of hydrogen-bond donors (Lipinski definition) is 0. The van der Waals surface area contributed by atoms with Gasteiger partial charge in [0.25, 0.3) is 5.91 Å². The van der Waals surface area contributed by atoms with E-state index in [4.69, 9.17) is 18.7 Å². The van der Waals surface area contributed by atoms with Crippen LogP contribution in [0.2, 0.25) is 0 Å². The number of rotatable bonds is 4. The molecule has 4 heterocycles. The highest BCUT2D eigenvalue weighted by atomic mass is 16.7. The second-order valence-corrected chi connectivity index (χ2v) is 10.5. The molecule has 2 saturated heterocycles. The van der Waals surface area contributed by atoms with Crippen LogP contribution in [0.4, 0.5) is 5.88 Å². The summed E-state index contributed by atoms with van der Waals surface area (Å²) in [5.74, 6) is -0.102. The van der Waals surface area contributed by atoms with Crippen LogP contribution < -0.4 is 10.3 Å². The minimum atomic E-state index is -0.701. The molecular weight excluding hydrogens is 478 g/mol. The molecule has 1 atom stereocenters. The van der Waals surface area contributed by atoms with Crippen molar-refractivity contribution >= 4 is 28.7 Å². The molecule has 0 bridgehead atoms. The van der Waals surface area contributed by atoms with E-state index in [2.05, 4.69) is 0 Å². The molecule has 2 fully saturated rings. The van der Waals surface area contributed by atoms with Crippen molar-refractivity contribution in [1.82, 2.24) is 9.96 Å². The van der Waals surface area contributed by atoms with Crippen LogP contribution >= 0.6 is 0 Å². The Balaban J connectivity index is 1.60. The molecule has 3 aliphatic heterocycles. The average molecular weight is 512 g/mol. The van der Waals surface area contributed by atoms with E-state index in [9.17, 15) is 14.4 Å². The maximum absolute atomic E-state index is 13.4. The lowest BCUT2D eigenvalue weighted by atomic mass is 9.97. The Morgan fingerprint density at radius 1 is 0.973 bits per heavy atom. The number of benzene rings is 1. The first kappa shape index (κ1) is 25.3. The molecule has 1 aromatic heterocycles. The molecule has 0 radical (unpaired) electrons. The third-order valence-electron chi connectivity index (χ3n) is 6.79. The number of amides is 1. The van der Waals surface area contributed by atoms with Crippen LogP contribution in [0, 0.1) is 5.41 Å². The Morgan fingerprint density at radius 2 is 1.65 bits per heavy atom. The summed E-state index contributed by atoms with van der Waals surface area (Å²) in [7, 11) is 0. The second kappa shape index (κ2) is 10.2. The first-order valence-electron chi connectivity index (χ1n) is 12.7. The van der Waals surface area contributed by atoms with Gasteiger partial charge in [-0.3, -0.25) is 9.59 Å². The monoisotopic (exact) mass is 511 g/mol. The van der Waals surface area contributed by atoms with Crippen molar-refractivity contribution in [2.75, 3.05) is 57.5 Å². The quantitative estimate of drug-likeness (QED) is 0.613. The molecule has 3 aliphatic rings. The highest BCUT2D eigenvalue weighted by molar-refractivity contribution is 5.99. The largest absolute Gasteiger partial charge is 0.440 e. The SMILES string of the molecule is CC(C)(C)C(=O)ON1C=CCC1c1cc(C(=O)N2CCOCC2)cc2c(=O)cc(N3CCOCC3)oc12. The van der Waals surface area contributed by atoms with Crippen molar-refractivity contribution in [2.45, 2.75) is 33.2 Å². The first-order chi connectivity index (χ1) is 17.7. The summed E-state index contributed by atoms with van der Waals surface area (Å²) in [6.07, 6.45) is 4.13. The summed E-state index contributed by atoms with van der Waals surface area (Å²) < 4.78 is 17.2. The summed E-state index contributed by atoms with van der Waals surface area (Å²) in [4.78, 5) is 48.9. The van der Waals surface area contributed by atoms with E-state index in [-0.39, 0.29) is 17.3 Å². The summed E-state index contributed by atoms with van der Waals surface area (Å²) in [5.41, 5.74) is 0.466. The van der Waals surface area contributed by atoms with Crippen LogP contribution in [-0.4, -0.2) is 74.4 Å². The Labute approximate surface area is 215 Å². The highest BCUT2D eigenvalue weighted by Crippen LogP contribution is 2.37. The number of carbonyl (C=O) groups excluding carboxylic acids is 2. The van der Waals surface area contributed by atoms with Crippen LogP contribution in [0.5, 0.6) is 0 Å². The summed E-state index contributed by atoms with van der Waals surface area (Å²) in [6, 6.07) is 4.40. The number of anilines is 1. The van der Waals surface area contributed by atoms with Gasteiger partial charge in [0.1, 0.15) is 5.58 Å². The molecule has 10 heteroatoms. The van der Waals surface area contributed by atoms with Gasteiger partial charge in [-0.1, -0.05) is 6.08 Å². The van der Waals surface area contributed by atoms with Crippen molar-refractivity contribution in [3.63, 3.8) is 0 Å². The summed E-state index contributed by atoms with van der Waals surface area (Å²) in [5, 5.41) is 1.81. The minimum absolute atomic E-state index is 0.174. The first-order valence-corrected chi connectivity index (χ1v) is 12.7. The minimum Gasteiger partial charge on any atom is -0.440 e. The Bertz CT molecular complexity index is 1270. The van der Waals surface area contributed by atoms with Gasteiger partial charge in [-0.15, -0.1) is 0 Å². The molecule has 2 aromatic rings. The van der Waals surface area contributed by atoms with Gasteiger partial charge in [0.05, 0.1) is 43.3 Å². The number of ether oxygens (including phenoxy) is 2. The van der Waals surface area contributed by atoms with Crippen LogP contribution in [0.1, 0.15) is 49.2 Å². The van der Waals surface area contributed by atoms with Gasteiger partial charge in [0, 0.05) is 49.6 Å². The molecule has 0 saturated carbocycles. The molecule has 0 N–H and O–H groups in total. The third kappa shape index (κ3) is 5.21. The molecule has 37 heavy (non-hydrogen) atoms. The predicted molar refractivity (Wildman–Crippen MR) is 136 cm³/mol. The van der Waals surface area contributed by atoms with E-state index < -0.39 is 11.5 Å². The van der Waals surface area contributed by atoms with Crippen molar-refractivity contribution in [3.8, 4) is 0 Å². The Morgan fingerprint density at radius 3 is 2.32 bits per heavy atom. The van der Waals surface area contributed by atoms with Crippen LogP contribution in [0.3, 0.4) is 0 Å². The topological polar surface area (TPSA) is 102 Å². The predicted octanol–water partition coefficient (Wildman–Crippen LogP) is 2.87. The lowest BCUT2D eigenvalue weighted by molar-refractivity contribution is -0.194. The smallest absolute Gasteiger partial charge is 0.337 e. The van der Waals surface area contributed by atoms with Gasteiger partial charge in [-0.2, -0.15) is 0 Å². The number of nitrogens with zero attached hydrogens (tertiary/aromatic N) is 3. The average Bonchev–Trinajstić information content (AvgIpc) is 3.36. The number of hydrogen-bond acceptors (Lipinski definition) is 9. The van der Waals surface area contributed by atoms with E-state index >= 15 is 0 Å². The van der Waals surface area contributed by atoms with E-state index in [1.54, 1.807) is 44.0 Å². The molecule has 0 aliphatic carbocycles. The van der Waals surface area contributed by atoms with Crippen molar-refractivity contribution in [2.24, 2.45) is 5.41 Å². The summed E-state index contributed by atoms with van der Waals surface area (Å²) >= 11 is 0. The van der Waals surface area contributed by atoms with Crippen LogP contribution in [0.15, 0.2) is 39.7 Å². The number of fused-ring (bicyclic) bond motifs is 1. The fourth-order valence-electron chi connectivity index (χ4n) is 4.62. The molecule has 0 spiro atoms. The van der Waals surface area contributed by atoms with Gasteiger partial charge in [0.15, 0.2) is 11.3 Å². The number of hydroxylamine groups is 2. The fraction of sp³-hybridized carbons (Fsp3) is 0.519. The zero-order chi connectivity index (χ0) is 26.2. The standard InChI is InChI=1S/C27H33N3O7/c1-27(2,3)26(33)37-30-6-4-5-21(30)19-15-18(25(32)29-9-13-35-14-10-29)16-20-22(31)17-23(36-24(19)20)28-7-11-34-12-8-28/h4,6,15-17,21H,5,7-14H2,1-3H3. The van der Waals surface area contributed by atoms with Crippen molar-refractivity contribution < 1.29 is 28.3 Å². The summed E-state index contributed by atoms with van der Waals surface area (Å²) in [6.45, 7) is 9.58. The molecule has 1 aromatic carbocycles. The van der Waals surface area contributed by atoms with Crippen LogP contribution in [0.25, 0.3) is 11.0 Å². The maximum atomic E-state index is 13.4. The zero-order valence-corrected chi connectivity index (χ0v) is 21.5. The lowest BCUT2D eigenvalue weighted by Gasteiger charge is -2.30. The number of morpholine rings is 2. The molecule has 5 rings (SSSR count). The number of carbonyl (C=O) groups is 2. The van der Waals surface area contributed by atoms with Crippen molar-refractivity contribution in [1.29, 1.82) is 0 Å². The van der Waals surface area contributed by atoms with Gasteiger partial charge >= 0.3 is 5.97 Å². The van der Waals surface area contributed by atoms with Crippen LogP contribution in [-0.2, 0) is 19.1 Å². The molecule has 10 nitrogen and oxygen atoms in total. The van der Waals surface area contributed by atoms with Gasteiger partial charge in [0.2, 0.25) is 0 Å². The van der Waals surface area contributed by atoms with E-state index in [0.717, 1.165) is 0 Å². The molecule has 1 unspecified atom stereocenters. The maximum Gasteiger partial charge on any atom is 0.337 e. The van der Waals surface area contributed by atoms with E-state index in [1.165, 1.54) is 11.1 Å². The third-order valence-corrected chi connectivity index (χ3v) is 6.79. The van der Waals surface area contributed by atoms with E-state index in [1.807, 2.05) is 11.0 Å². The fourth-order valence-corrected chi connectivity index (χ4v) is 4.62. The lowest BCUT2D eigenvalue weighted by Crippen LogP contribution is -2.40. The molecule has 1 amide bonds. The normalized spacial score (nSPS) is 20.5. The van der Waals surface area contributed by atoms with Gasteiger partial charge in [-0.05, 0) is 39.3 Å². The Kier molecular flexibility index (Phi) is 6.96. The molecular formula is C27H33N3O7. The molecule has 198 valence electrons. The van der Waals surface area contributed by atoms with Crippen molar-refractivity contribution in [3.05, 3.63) is 51.8 Å². The second-order valence-electron chi connectivity index (χ2n) is 10.5. The van der Waals surface area contributed by atoms with Gasteiger partial charge in [-0.25, -0.2) is 9.86 Å². The zero-order valence-electron chi connectivity index (χ0n) is 21.5. The highest BCUT2D eigenvalue weighted by Gasteiger charge is 2.33. The van der Waals surface area contributed by atoms with Gasteiger partial charge < -0.3 is 28.5 Å². The van der Waals surface area contributed by atoms with E-state index in [0.29, 0.717) is 87.0 Å².